The summed E-state index contributed by atoms with van der Waals surface area (Å²) in [6.07, 6.45) is -3.09. The van der Waals surface area contributed by atoms with Gasteiger partial charge in [-0.2, -0.15) is 18.3 Å². The zero-order chi connectivity index (χ0) is 31.6. The number of thioether (sulfide) groups is 1. The van der Waals surface area contributed by atoms with Crippen molar-refractivity contribution in [3.05, 3.63) is 74.6 Å². The Morgan fingerprint density at radius 2 is 1.71 bits per heavy atom. The second kappa shape index (κ2) is 16.3. The quantitative estimate of drug-likeness (QED) is 0.165. The molecular weight excluding hydrogens is 662 g/mol. The standard InChI is InChI=1S/C15H12BrClF4N2O2.C14H21NOS/c1-6(2)25-14(24)7-4-8(10(18)5-9(7)17)12-11(16)13(15(19,20)21)23(3)22-12;1-3-10-15(11-4-2)14(16)17-12-13-8-6-5-7-9-13/h4-6H,1-3H3;5-9H,3-4,10-12H2,1-2H3. The lowest BCUT2D eigenvalue weighted by atomic mass is 10.1. The van der Waals surface area contributed by atoms with Gasteiger partial charge in [0.25, 0.3) is 5.24 Å². The SMILES string of the molecule is CC(C)OC(=O)c1cc(-c2nn(C)c(C(F)(F)F)c2Br)c(F)cc1Cl.CCCN(CCC)C(=O)SCc1ccccc1. The van der Waals surface area contributed by atoms with Crippen molar-refractivity contribution in [2.75, 3.05) is 13.1 Å². The zero-order valence-electron chi connectivity index (χ0n) is 23.9. The van der Waals surface area contributed by atoms with E-state index >= 15 is 0 Å². The van der Waals surface area contributed by atoms with Crippen LogP contribution in [0.1, 0.15) is 62.2 Å². The molecule has 2 aromatic carbocycles. The minimum Gasteiger partial charge on any atom is -0.459 e. The molecule has 0 saturated heterocycles. The Morgan fingerprint density at radius 1 is 1.12 bits per heavy atom. The number of amides is 1. The normalized spacial score (nSPS) is 11.2. The van der Waals surface area contributed by atoms with Crippen molar-refractivity contribution >= 4 is 50.5 Å². The van der Waals surface area contributed by atoms with Crippen LogP contribution in [0.15, 0.2) is 46.9 Å². The van der Waals surface area contributed by atoms with Crippen LogP contribution in [0.3, 0.4) is 0 Å². The van der Waals surface area contributed by atoms with E-state index in [-0.39, 0.29) is 27.1 Å². The lowest BCUT2D eigenvalue weighted by Crippen LogP contribution is -2.29. The maximum atomic E-state index is 14.3. The highest BCUT2D eigenvalue weighted by Gasteiger charge is 2.39. The number of carbonyl (C=O) groups is 2. The Balaban J connectivity index is 0.000000317. The number of alkyl halides is 3. The number of aromatic nitrogens is 2. The van der Waals surface area contributed by atoms with Crippen LogP contribution in [0.25, 0.3) is 11.3 Å². The molecule has 0 N–H and O–H groups in total. The van der Waals surface area contributed by atoms with E-state index in [0.717, 1.165) is 50.9 Å². The number of hydrogen-bond donors (Lipinski definition) is 0. The summed E-state index contributed by atoms with van der Waals surface area (Å²) in [5.74, 6) is -0.966. The molecule has 1 amide bonds. The first-order valence-electron chi connectivity index (χ1n) is 13.2. The van der Waals surface area contributed by atoms with Crippen molar-refractivity contribution in [2.45, 2.75) is 58.6 Å². The van der Waals surface area contributed by atoms with Gasteiger partial charge in [0, 0.05) is 31.5 Å². The van der Waals surface area contributed by atoms with Crippen LogP contribution in [-0.2, 0) is 23.7 Å². The van der Waals surface area contributed by atoms with Crippen molar-refractivity contribution in [1.29, 1.82) is 0 Å². The fourth-order valence-corrected chi connectivity index (χ4v) is 5.64. The predicted molar refractivity (Wildman–Crippen MR) is 162 cm³/mol. The number of esters is 1. The Morgan fingerprint density at radius 3 is 2.21 bits per heavy atom. The Hall–Kier alpha value is -2.57. The first-order chi connectivity index (χ1) is 19.7. The molecule has 0 radical (unpaired) electrons. The molecule has 230 valence electrons. The van der Waals surface area contributed by atoms with Crippen molar-refractivity contribution < 1.29 is 31.9 Å². The van der Waals surface area contributed by atoms with E-state index in [0.29, 0.717) is 4.68 Å². The summed E-state index contributed by atoms with van der Waals surface area (Å²) in [7, 11) is 1.08. The highest BCUT2D eigenvalue weighted by atomic mass is 79.9. The smallest absolute Gasteiger partial charge is 0.434 e. The van der Waals surface area contributed by atoms with E-state index in [1.54, 1.807) is 13.8 Å². The largest absolute Gasteiger partial charge is 0.459 e. The van der Waals surface area contributed by atoms with Gasteiger partial charge in [0.05, 0.1) is 21.2 Å². The topological polar surface area (TPSA) is 64.4 Å². The van der Waals surface area contributed by atoms with Gasteiger partial charge in [0.2, 0.25) is 0 Å². The van der Waals surface area contributed by atoms with Crippen molar-refractivity contribution in [1.82, 2.24) is 14.7 Å². The molecule has 0 bridgehead atoms. The van der Waals surface area contributed by atoms with Crippen LogP contribution < -0.4 is 0 Å². The van der Waals surface area contributed by atoms with Crippen molar-refractivity contribution in [3.63, 3.8) is 0 Å². The minimum atomic E-state index is -4.69. The summed E-state index contributed by atoms with van der Waals surface area (Å²) in [6.45, 7) is 9.18. The third-order valence-corrected chi connectivity index (χ3v) is 7.63. The van der Waals surface area contributed by atoms with Gasteiger partial charge in [-0.15, -0.1) is 0 Å². The lowest BCUT2D eigenvalue weighted by Gasteiger charge is -2.20. The van der Waals surface area contributed by atoms with Crippen molar-refractivity contribution in [2.24, 2.45) is 7.05 Å². The minimum absolute atomic E-state index is 0.169. The first-order valence-corrected chi connectivity index (χ1v) is 15.3. The molecule has 0 aliphatic carbocycles. The van der Waals surface area contributed by atoms with Crippen LogP contribution in [-0.4, -0.2) is 45.1 Å². The molecule has 0 aliphatic rings. The van der Waals surface area contributed by atoms with Crippen LogP contribution in [0, 0.1) is 5.82 Å². The molecule has 0 saturated carbocycles. The zero-order valence-corrected chi connectivity index (χ0v) is 27.1. The van der Waals surface area contributed by atoms with Crippen molar-refractivity contribution in [3.8, 4) is 11.3 Å². The van der Waals surface area contributed by atoms with E-state index in [2.05, 4.69) is 47.0 Å². The Kier molecular flexibility index (Phi) is 13.8. The fraction of sp³-hybridized carbons (Fsp3) is 0.414. The first kappa shape index (κ1) is 35.6. The molecule has 6 nitrogen and oxygen atoms in total. The molecule has 0 unspecified atom stereocenters. The van der Waals surface area contributed by atoms with Gasteiger partial charge < -0.3 is 9.64 Å². The molecular formula is C29H33BrClF4N3O3S. The molecule has 3 aromatic rings. The van der Waals surface area contributed by atoms with Crippen LogP contribution >= 0.6 is 39.3 Å². The molecule has 13 heteroatoms. The van der Waals surface area contributed by atoms with Gasteiger partial charge in [0.1, 0.15) is 11.5 Å². The van der Waals surface area contributed by atoms with Gasteiger partial charge in [-0.25, -0.2) is 9.18 Å². The third-order valence-electron chi connectivity index (χ3n) is 5.58. The highest BCUT2D eigenvalue weighted by Crippen LogP contribution is 2.41. The number of hydrogen-bond acceptors (Lipinski definition) is 5. The van der Waals surface area contributed by atoms with E-state index in [9.17, 15) is 27.2 Å². The number of ether oxygens (including phenoxy) is 1. The van der Waals surface area contributed by atoms with Crippen LogP contribution in [0.5, 0.6) is 0 Å². The number of nitrogens with zero attached hydrogens (tertiary/aromatic N) is 3. The summed E-state index contributed by atoms with van der Waals surface area (Å²) in [5, 5.41) is 3.71. The molecule has 0 fully saturated rings. The number of benzene rings is 2. The fourth-order valence-electron chi connectivity index (χ4n) is 3.79. The van der Waals surface area contributed by atoms with E-state index < -0.39 is 34.2 Å². The number of rotatable bonds is 9. The summed E-state index contributed by atoms with van der Waals surface area (Å²) in [6, 6.07) is 12.0. The summed E-state index contributed by atoms with van der Waals surface area (Å²) in [4.78, 5) is 26.0. The monoisotopic (exact) mass is 693 g/mol. The Bertz CT molecular complexity index is 1350. The van der Waals surface area contributed by atoms with E-state index in [1.165, 1.54) is 17.3 Å². The Labute approximate surface area is 260 Å². The van der Waals surface area contributed by atoms with E-state index in [4.69, 9.17) is 16.3 Å². The average molecular weight is 695 g/mol. The molecule has 42 heavy (non-hydrogen) atoms. The van der Waals surface area contributed by atoms with Crippen LogP contribution in [0.4, 0.5) is 22.4 Å². The highest BCUT2D eigenvalue weighted by molar-refractivity contribution is 9.10. The summed E-state index contributed by atoms with van der Waals surface area (Å²) in [5.41, 5.74) is -0.652. The number of carbonyl (C=O) groups excluding carboxylic acids is 2. The van der Waals surface area contributed by atoms with Gasteiger partial charge in [-0.1, -0.05) is 67.5 Å². The van der Waals surface area contributed by atoms with Crippen LogP contribution in [0.2, 0.25) is 5.02 Å². The maximum absolute atomic E-state index is 14.3. The molecule has 1 aromatic heterocycles. The molecule has 0 atom stereocenters. The van der Waals surface area contributed by atoms with E-state index in [1.807, 2.05) is 23.1 Å². The number of aryl methyl sites for hydroxylation is 1. The van der Waals surface area contributed by atoms with Gasteiger partial charge in [-0.3, -0.25) is 9.48 Å². The van der Waals surface area contributed by atoms with Gasteiger partial charge in [0.15, 0.2) is 5.69 Å². The molecule has 3 rings (SSSR count). The molecule has 0 aliphatic heterocycles. The van der Waals surface area contributed by atoms with Gasteiger partial charge >= 0.3 is 12.1 Å². The second-order valence-corrected chi connectivity index (χ2v) is 11.6. The molecule has 0 spiro atoms. The second-order valence-electron chi connectivity index (χ2n) is 9.43. The predicted octanol–water partition coefficient (Wildman–Crippen LogP) is 9.39. The summed E-state index contributed by atoms with van der Waals surface area (Å²) >= 11 is 10.1. The number of halogens is 6. The maximum Gasteiger partial charge on any atom is 0.434 e. The van der Waals surface area contributed by atoms with Gasteiger partial charge in [-0.05, 0) is 60.3 Å². The summed E-state index contributed by atoms with van der Waals surface area (Å²) < 4.78 is 58.6. The lowest BCUT2D eigenvalue weighted by molar-refractivity contribution is -0.144. The third kappa shape index (κ3) is 10.0. The average Bonchev–Trinajstić information content (AvgIpc) is 3.21. The molecule has 1 heterocycles.